The van der Waals surface area contributed by atoms with Crippen molar-refractivity contribution in [2.24, 2.45) is 5.16 Å². The molecule has 1 aromatic heterocycles. The fourth-order valence-electron chi connectivity index (χ4n) is 2.91. The van der Waals surface area contributed by atoms with Crippen LogP contribution in [-0.2, 0) is 24.2 Å². The quantitative estimate of drug-likeness (QED) is 0.104. The second kappa shape index (κ2) is 9.79. The second-order valence-electron chi connectivity index (χ2n) is 6.32. The largest absolute Gasteiger partial charge is 1.00 e. The minimum absolute atomic E-state index is 0. The summed E-state index contributed by atoms with van der Waals surface area (Å²) in [6.45, 7) is 0. The molecule has 0 spiro atoms. The van der Waals surface area contributed by atoms with Crippen molar-refractivity contribution in [2.45, 2.75) is 16.9 Å². The van der Waals surface area contributed by atoms with E-state index in [1.165, 1.54) is 5.38 Å². The van der Waals surface area contributed by atoms with E-state index < -0.39 is 73.0 Å². The van der Waals surface area contributed by atoms with E-state index in [4.69, 9.17) is 10.9 Å². The number of rotatable bonds is 6. The number of nitrogens with two attached hydrogens (primary N) is 1. The number of aromatic nitrogens is 1. The number of aliphatic carboxylic acids is 1. The molecule has 3 rings (SSSR count). The fraction of sp³-hybridized carbons (Fsp3) is 0.357. The molecule has 3 heterocycles. The molecule has 2 amide bonds. The van der Waals surface area contributed by atoms with Crippen LogP contribution in [0.5, 0.6) is 0 Å². The third-order valence-electron chi connectivity index (χ3n) is 4.32. The van der Waals surface area contributed by atoms with Gasteiger partial charge >= 0.3 is 35.1 Å². The molecule has 0 bridgehead atoms. The number of β-lactam (4-membered cyclic amide) rings is 1. The number of halogens is 3. The maximum atomic E-state index is 12.7. The first kappa shape index (κ1) is 27.4. The van der Waals surface area contributed by atoms with Gasteiger partial charge in [0.05, 0.1) is 17.4 Å². The first-order valence-corrected chi connectivity index (χ1v) is 11.8. The molecule has 4 N–H and O–H groups in total. The van der Waals surface area contributed by atoms with Crippen LogP contribution in [0, 0.1) is 0 Å². The Labute approximate surface area is 213 Å². The van der Waals surface area contributed by atoms with Gasteiger partial charge in [0.1, 0.15) is 17.1 Å². The number of carbonyl (C=O) groups is 3. The van der Waals surface area contributed by atoms with Crippen LogP contribution < -0.4 is 45.7 Å². The maximum absolute atomic E-state index is 12.7. The van der Waals surface area contributed by atoms with Crippen molar-refractivity contribution >= 4 is 61.6 Å². The molecule has 2 aliphatic heterocycles. The zero-order valence-corrected chi connectivity index (χ0v) is 20.8. The maximum Gasteiger partial charge on any atom is 1.00 e. The van der Waals surface area contributed by atoms with Crippen LogP contribution in [0.2, 0.25) is 0 Å². The number of anilines is 1. The van der Waals surface area contributed by atoms with Crippen LogP contribution in [0.4, 0.5) is 18.3 Å². The third-order valence-corrected chi connectivity index (χ3v) is 7.77. The van der Waals surface area contributed by atoms with E-state index in [-0.39, 0.29) is 40.4 Å². The summed E-state index contributed by atoms with van der Waals surface area (Å²) in [5.74, 6) is -6.28. The molecule has 0 saturated carbocycles. The molecule has 2 aliphatic rings. The van der Waals surface area contributed by atoms with Crippen molar-refractivity contribution in [3.63, 3.8) is 0 Å². The normalized spacial score (nSPS) is 21.1. The molecule has 0 aliphatic carbocycles. The first-order valence-electron chi connectivity index (χ1n) is 8.20. The molecule has 0 radical (unpaired) electrons. The number of amides is 2. The number of carboxylic acids is 1. The third kappa shape index (κ3) is 5.14. The summed E-state index contributed by atoms with van der Waals surface area (Å²) in [4.78, 5) is 40.7. The van der Waals surface area contributed by atoms with Gasteiger partial charge in [-0.15, -0.1) is 23.1 Å². The van der Waals surface area contributed by atoms with Crippen molar-refractivity contribution in [1.29, 1.82) is 0 Å². The number of oxime groups is 1. The Kier molecular flexibility index (Phi) is 8.12. The monoisotopic (exact) mass is 537 g/mol. The van der Waals surface area contributed by atoms with Gasteiger partial charge in [-0.1, -0.05) is 5.16 Å². The smallest absolute Gasteiger partial charge is 0.543 e. The summed E-state index contributed by atoms with van der Waals surface area (Å²) in [6, 6.07) is -1.34. The zero-order valence-electron chi connectivity index (χ0n) is 16.3. The second-order valence-corrected chi connectivity index (χ2v) is 10.3. The van der Waals surface area contributed by atoms with Gasteiger partial charge in [0.15, 0.2) is 10.8 Å². The van der Waals surface area contributed by atoms with Gasteiger partial charge in [0, 0.05) is 11.1 Å². The van der Waals surface area contributed by atoms with Crippen LogP contribution in [0.1, 0.15) is 5.69 Å². The summed E-state index contributed by atoms with van der Waals surface area (Å²) >= 11 is 1.68. The molecule has 12 nitrogen and oxygen atoms in total. The van der Waals surface area contributed by atoms with Crippen LogP contribution in [0.25, 0.3) is 0 Å². The zero-order chi connectivity index (χ0) is 24.0. The number of carbonyl (C=O) groups excluding carboxylic acids is 3. The van der Waals surface area contributed by atoms with Gasteiger partial charge in [-0.25, -0.2) is 13.4 Å². The predicted molar refractivity (Wildman–Crippen MR) is 102 cm³/mol. The van der Waals surface area contributed by atoms with E-state index in [1.54, 1.807) is 0 Å². The number of sulfone groups is 1. The molecule has 19 heteroatoms. The standard InChI is InChI=1S/C14H12F3N5O7S3.Na/c15-14(16,17)32(28,29)3-4-1-30-11-7(10(24)22(11)8(4)12(25)26)20-9(23)6(21-27)5-2-31-13(18)19-5;/h2,7,11,27H,1,3H2,(H2,18,19)(H,20,23)(H,25,26);/q;+1/p-1/b21-6-;/t7?,11-;/m1./s1. The molecule has 1 fully saturated rings. The van der Waals surface area contributed by atoms with Gasteiger partial charge in [-0.05, 0) is 5.57 Å². The number of carboxylic acid groups (broad SMARTS) is 1. The van der Waals surface area contributed by atoms with E-state index in [0.717, 1.165) is 23.1 Å². The molecule has 1 unspecified atom stereocenters. The summed E-state index contributed by atoms with van der Waals surface area (Å²) in [5, 5.41) is 25.9. The van der Waals surface area contributed by atoms with Crippen molar-refractivity contribution in [1.82, 2.24) is 15.2 Å². The number of thioether (sulfide) groups is 1. The van der Waals surface area contributed by atoms with Crippen molar-refractivity contribution in [3.8, 4) is 0 Å². The van der Waals surface area contributed by atoms with Crippen LogP contribution in [-0.4, -0.2) is 75.4 Å². The minimum Gasteiger partial charge on any atom is -0.543 e. The molecular weight excluding hydrogens is 526 g/mol. The van der Waals surface area contributed by atoms with E-state index >= 15 is 0 Å². The van der Waals surface area contributed by atoms with E-state index in [2.05, 4.69) is 15.5 Å². The van der Waals surface area contributed by atoms with Gasteiger partial charge < -0.3 is 26.2 Å². The first-order chi connectivity index (χ1) is 14.8. The van der Waals surface area contributed by atoms with E-state index in [0.29, 0.717) is 4.90 Å². The molecule has 1 aromatic rings. The summed E-state index contributed by atoms with van der Waals surface area (Å²) in [7, 11) is -5.70. The molecule has 0 aromatic carbocycles. The Morgan fingerprint density at radius 3 is 2.55 bits per heavy atom. The van der Waals surface area contributed by atoms with Gasteiger partial charge in [0.25, 0.3) is 21.7 Å². The van der Waals surface area contributed by atoms with Crippen LogP contribution >= 0.6 is 23.1 Å². The van der Waals surface area contributed by atoms with Crippen molar-refractivity contribution < 1.29 is 75.8 Å². The summed E-state index contributed by atoms with van der Waals surface area (Å²) < 4.78 is 60.9. The van der Waals surface area contributed by atoms with E-state index in [9.17, 15) is 41.1 Å². The Morgan fingerprint density at radius 2 is 2.06 bits per heavy atom. The number of nitrogen functional groups attached to an aromatic ring is 1. The molecular formula is C14H11F3N5NaO7S3. The SMILES string of the molecule is Nc1nc(/C(=N/O)C(=O)NC2C(=O)N3C(C(=O)[O-])=C(CS(=O)(=O)C(F)(F)F)CS[C@H]23)cs1.[Na+]. The number of hydrogen-bond acceptors (Lipinski definition) is 12. The fourth-order valence-corrected chi connectivity index (χ4v) is 5.80. The minimum atomic E-state index is -5.70. The Bertz CT molecular complexity index is 1170. The average molecular weight is 537 g/mol. The van der Waals surface area contributed by atoms with Crippen LogP contribution in [0.3, 0.4) is 0 Å². The van der Waals surface area contributed by atoms with E-state index in [1.807, 2.05) is 0 Å². The predicted octanol–water partition coefficient (Wildman–Crippen LogP) is -4.75. The molecule has 2 atom stereocenters. The van der Waals surface area contributed by atoms with Gasteiger partial charge in [0.2, 0.25) is 0 Å². The Morgan fingerprint density at radius 1 is 1.42 bits per heavy atom. The van der Waals surface area contributed by atoms with Crippen LogP contribution in [0.15, 0.2) is 21.8 Å². The molecule has 33 heavy (non-hydrogen) atoms. The average Bonchev–Trinajstić information content (AvgIpc) is 3.10. The molecule has 174 valence electrons. The summed E-state index contributed by atoms with van der Waals surface area (Å²) in [5.41, 5.74) is -2.53. The Balaban J connectivity index is 0.00000385. The number of nitrogens with zero attached hydrogens (tertiary/aromatic N) is 3. The number of thiazole rings is 1. The number of hydrogen-bond donors (Lipinski definition) is 3. The number of alkyl halides is 3. The number of fused-ring (bicyclic) bond motifs is 1. The van der Waals surface area contributed by atoms with Gasteiger partial charge in [-0.3, -0.25) is 14.5 Å². The Hall–Kier alpha value is -1.86. The van der Waals surface area contributed by atoms with Gasteiger partial charge in [-0.2, -0.15) is 13.2 Å². The van der Waals surface area contributed by atoms with Crippen molar-refractivity contribution in [2.75, 3.05) is 17.2 Å². The number of nitrogens with one attached hydrogen (secondary N) is 1. The topological polar surface area (TPSA) is 195 Å². The summed E-state index contributed by atoms with van der Waals surface area (Å²) in [6.07, 6.45) is 0. The molecule has 1 saturated heterocycles. The van der Waals surface area contributed by atoms with Crippen molar-refractivity contribution in [3.05, 3.63) is 22.3 Å².